The fraction of sp³-hybridized carbons (Fsp3) is 0.778. The number of hydrogen-bond acceptors (Lipinski definition) is 3. The molecule has 0 aromatic carbocycles. The Morgan fingerprint density at radius 1 is 1.54 bits per heavy atom. The number of nitrogens with zero attached hydrogens (tertiary/aromatic N) is 3. The van der Waals surface area contributed by atoms with Crippen LogP contribution in [0.2, 0.25) is 0 Å². The van der Waals surface area contributed by atoms with E-state index in [4.69, 9.17) is 5.73 Å². The van der Waals surface area contributed by atoms with Crippen LogP contribution in [0.4, 0.5) is 0 Å². The third-order valence-corrected chi connectivity index (χ3v) is 2.01. The Morgan fingerprint density at radius 2 is 2.31 bits per heavy atom. The van der Waals surface area contributed by atoms with Crippen LogP contribution >= 0.6 is 0 Å². The van der Waals surface area contributed by atoms with Crippen molar-refractivity contribution >= 4 is 0 Å². The molecule has 0 aliphatic carbocycles. The van der Waals surface area contributed by atoms with Crippen molar-refractivity contribution in [3.05, 3.63) is 11.9 Å². The number of unbranched alkanes of at least 4 members (excludes halogenated alkanes) is 2. The summed E-state index contributed by atoms with van der Waals surface area (Å²) in [6.45, 7) is 5.06. The summed E-state index contributed by atoms with van der Waals surface area (Å²) in [5.41, 5.74) is 6.54. The molecule has 0 radical (unpaired) electrons. The van der Waals surface area contributed by atoms with E-state index in [2.05, 4.69) is 17.2 Å². The van der Waals surface area contributed by atoms with Crippen molar-refractivity contribution in [3.8, 4) is 0 Å². The van der Waals surface area contributed by atoms with Gasteiger partial charge in [0.2, 0.25) is 0 Å². The van der Waals surface area contributed by atoms with Gasteiger partial charge in [0.25, 0.3) is 0 Å². The molecule has 0 aliphatic heterocycles. The maximum absolute atomic E-state index is 5.67. The van der Waals surface area contributed by atoms with Crippen molar-refractivity contribution in [2.75, 3.05) is 0 Å². The van der Waals surface area contributed by atoms with Gasteiger partial charge in [0, 0.05) is 12.6 Å². The van der Waals surface area contributed by atoms with Crippen LogP contribution in [-0.4, -0.2) is 15.0 Å². The molecule has 0 aliphatic rings. The third kappa shape index (κ3) is 3.14. The first kappa shape index (κ1) is 10.2. The van der Waals surface area contributed by atoms with E-state index in [1.165, 1.54) is 12.8 Å². The molecule has 1 atom stereocenters. The van der Waals surface area contributed by atoms with Crippen LogP contribution in [0.3, 0.4) is 0 Å². The van der Waals surface area contributed by atoms with Crippen LogP contribution in [0.1, 0.15) is 44.8 Å². The van der Waals surface area contributed by atoms with Crippen molar-refractivity contribution in [3.63, 3.8) is 0 Å². The van der Waals surface area contributed by atoms with Crippen LogP contribution < -0.4 is 5.73 Å². The van der Waals surface area contributed by atoms with E-state index in [0.717, 1.165) is 18.7 Å². The average molecular weight is 182 g/mol. The number of hydrogen-bond donors (Lipinski definition) is 1. The number of nitrogens with two attached hydrogens (primary N) is 1. The predicted octanol–water partition coefficient (Wildman–Crippen LogP) is 1.49. The molecule has 0 saturated carbocycles. The second-order valence-corrected chi connectivity index (χ2v) is 3.40. The number of aromatic nitrogens is 3. The molecule has 4 heteroatoms. The highest BCUT2D eigenvalue weighted by molar-refractivity contribution is 4.97. The standard InChI is InChI=1S/C9H18N4/c1-3-4-5-6-13-7-9(8(2)10)11-12-13/h7-8H,3-6,10H2,1-2H3. The smallest absolute Gasteiger partial charge is 0.0991 e. The summed E-state index contributed by atoms with van der Waals surface area (Å²) in [4.78, 5) is 0. The van der Waals surface area contributed by atoms with Gasteiger partial charge in [0.05, 0.1) is 11.9 Å². The third-order valence-electron chi connectivity index (χ3n) is 2.01. The quantitative estimate of drug-likeness (QED) is 0.702. The van der Waals surface area contributed by atoms with Crippen molar-refractivity contribution < 1.29 is 0 Å². The number of aryl methyl sites for hydroxylation is 1. The normalized spacial score (nSPS) is 13.2. The summed E-state index contributed by atoms with van der Waals surface area (Å²) in [6, 6.07) is -0.0140. The highest BCUT2D eigenvalue weighted by atomic mass is 15.4. The second-order valence-electron chi connectivity index (χ2n) is 3.40. The first-order valence-electron chi connectivity index (χ1n) is 4.89. The van der Waals surface area contributed by atoms with Gasteiger partial charge in [-0.25, -0.2) is 0 Å². The first-order chi connectivity index (χ1) is 6.24. The van der Waals surface area contributed by atoms with Crippen LogP contribution in [0.25, 0.3) is 0 Å². The van der Waals surface area contributed by atoms with Gasteiger partial charge in [-0.1, -0.05) is 25.0 Å². The van der Waals surface area contributed by atoms with Crippen molar-refractivity contribution in [2.24, 2.45) is 5.73 Å². The van der Waals surface area contributed by atoms with E-state index < -0.39 is 0 Å². The molecule has 1 rings (SSSR count). The molecule has 0 saturated heterocycles. The molecule has 1 aromatic heterocycles. The minimum Gasteiger partial charge on any atom is -0.323 e. The van der Waals surface area contributed by atoms with Gasteiger partial charge >= 0.3 is 0 Å². The number of rotatable bonds is 5. The Bertz CT molecular complexity index is 242. The summed E-state index contributed by atoms with van der Waals surface area (Å²) >= 11 is 0. The Balaban J connectivity index is 2.40. The molecule has 1 heterocycles. The van der Waals surface area contributed by atoms with Crippen molar-refractivity contribution in [2.45, 2.75) is 45.7 Å². The van der Waals surface area contributed by atoms with Gasteiger partial charge in [-0.05, 0) is 13.3 Å². The van der Waals surface area contributed by atoms with Gasteiger partial charge in [-0.3, -0.25) is 4.68 Å². The van der Waals surface area contributed by atoms with Crippen LogP contribution in [0.5, 0.6) is 0 Å². The lowest BCUT2D eigenvalue weighted by Crippen LogP contribution is -2.05. The van der Waals surface area contributed by atoms with Crippen LogP contribution in [0, 0.1) is 0 Å². The van der Waals surface area contributed by atoms with Crippen LogP contribution in [0.15, 0.2) is 6.20 Å². The zero-order valence-corrected chi connectivity index (χ0v) is 8.40. The molecule has 13 heavy (non-hydrogen) atoms. The highest BCUT2D eigenvalue weighted by Gasteiger charge is 2.03. The maximum atomic E-state index is 5.67. The molecular formula is C9H18N4. The largest absolute Gasteiger partial charge is 0.323 e. The summed E-state index contributed by atoms with van der Waals surface area (Å²) in [7, 11) is 0. The Hall–Kier alpha value is -0.900. The van der Waals surface area contributed by atoms with Crippen molar-refractivity contribution in [1.29, 1.82) is 0 Å². The maximum Gasteiger partial charge on any atom is 0.0991 e. The minimum absolute atomic E-state index is 0.0140. The Morgan fingerprint density at radius 3 is 2.85 bits per heavy atom. The molecule has 0 spiro atoms. The summed E-state index contributed by atoms with van der Waals surface area (Å²) in [5.74, 6) is 0. The van der Waals surface area contributed by atoms with E-state index in [1.54, 1.807) is 0 Å². The van der Waals surface area contributed by atoms with Crippen LogP contribution in [-0.2, 0) is 6.54 Å². The van der Waals surface area contributed by atoms with E-state index in [1.807, 2.05) is 17.8 Å². The van der Waals surface area contributed by atoms with E-state index >= 15 is 0 Å². The average Bonchev–Trinajstić information content (AvgIpc) is 2.53. The van der Waals surface area contributed by atoms with Gasteiger partial charge < -0.3 is 5.73 Å². The summed E-state index contributed by atoms with van der Waals surface area (Å²) < 4.78 is 1.87. The zero-order valence-electron chi connectivity index (χ0n) is 8.40. The van der Waals surface area contributed by atoms with Gasteiger partial charge in [-0.2, -0.15) is 0 Å². The molecule has 4 nitrogen and oxygen atoms in total. The second kappa shape index (κ2) is 4.97. The minimum atomic E-state index is -0.0140. The molecular weight excluding hydrogens is 164 g/mol. The molecule has 74 valence electrons. The monoisotopic (exact) mass is 182 g/mol. The topological polar surface area (TPSA) is 56.7 Å². The zero-order chi connectivity index (χ0) is 9.68. The Kier molecular flexibility index (Phi) is 3.89. The van der Waals surface area contributed by atoms with E-state index in [-0.39, 0.29) is 6.04 Å². The van der Waals surface area contributed by atoms with Crippen molar-refractivity contribution in [1.82, 2.24) is 15.0 Å². The molecule has 0 amide bonds. The molecule has 1 aromatic rings. The van der Waals surface area contributed by atoms with E-state index in [9.17, 15) is 0 Å². The van der Waals surface area contributed by atoms with Gasteiger partial charge in [-0.15, -0.1) is 5.10 Å². The lowest BCUT2D eigenvalue weighted by molar-refractivity contribution is 0.537. The predicted molar refractivity (Wildman–Crippen MR) is 52.1 cm³/mol. The van der Waals surface area contributed by atoms with E-state index in [0.29, 0.717) is 0 Å². The summed E-state index contributed by atoms with van der Waals surface area (Å²) in [5, 5.41) is 7.98. The fourth-order valence-corrected chi connectivity index (χ4v) is 1.16. The lowest BCUT2D eigenvalue weighted by Gasteiger charge is -1.98. The van der Waals surface area contributed by atoms with Gasteiger partial charge in [0.1, 0.15) is 0 Å². The molecule has 2 N–H and O–H groups in total. The Labute approximate surface area is 79.1 Å². The summed E-state index contributed by atoms with van der Waals surface area (Å²) in [6.07, 6.45) is 5.57. The molecule has 1 unspecified atom stereocenters. The highest BCUT2D eigenvalue weighted by Crippen LogP contribution is 2.04. The SMILES string of the molecule is CCCCCn1cc(C(C)N)nn1. The molecule has 0 fully saturated rings. The lowest BCUT2D eigenvalue weighted by atomic mass is 10.2. The first-order valence-corrected chi connectivity index (χ1v) is 4.89. The fourth-order valence-electron chi connectivity index (χ4n) is 1.16. The van der Waals surface area contributed by atoms with Gasteiger partial charge in [0.15, 0.2) is 0 Å². The molecule has 0 bridgehead atoms.